The zero-order chi connectivity index (χ0) is 16.4. The SMILES string of the molecule is CO[C@@H]1C[C@@H](CO)N(C(=O)c2cc(-c3ccccc3Cl)on2)C1. The quantitative estimate of drug-likeness (QED) is 0.926. The smallest absolute Gasteiger partial charge is 0.276 e. The van der Waals surface area contributed by atoms with E-state index in [1.165, 1.54) is 0 Å². The maximum atomic E-state index is 12.6. The number of amides is 1. The van der Waals surface area contributed by atoms with Crippen LogP contribution in [0.3, 0.4) is 0 Å². The average molecular weight is 337 g/mol. The fourth-order valence-corrected chi connectivity index (χ4v) is 3.01. The van der Waals surface area contributed by atoms with Crippen LogP contribution in [0.5, 0.6) is 0 Å². The van der Waals surface area contributed by atoms with Crippen molar-refractivity contribution in [1.29, 1.82) is 0 Å². The van der Waals surface area contributed by atoms with Crippen molar-refractivity contribution >= 4 is 17.5 Å². The molecule has 23 heavy (non-hydrogen) atoms. The molecule has 1 aromatic carbocycles. The van der Waals surface area contributed by atoms with Gasteiger partial charge in [-0.15, -0.1) is 0 Å². The topological polar surface area (TPSA) is 75.8 Å². The second kappa shape index (κ2) is 6.70. The van der Waals surface area contributed by atoms with E-state index >= 15 is 0 Å². The summed E-state index contributed by atoms with van der Waals surface area (Å²) in [5, 5.41) is 13.8. The van der Waals surface area contributed by atoms with E-state index in [0.29, 0.717) is 29.3 Å². The third-order valence-corrected chi connectivity index (χ3v) is 4.38. The molecule has 2 atom stereocenters. The lowest BCUT2D eigenvalue weighted by molar-refractivity contribution is 0.0638. The van der Waals surface area contributed by atoms with Crippen molar-refractivity contribution in [3.05, 3.63) is 41.0 Å². The highest BCUT2D eigenvalue weighted by molar-refractivity contribution is 6.33. The van der Waals surface area contributed by atoms with Gasteiger partial charge in [-0.3, -0.25) is 4.79 Å². The predicted octanol–water partition coefficient (Wildman–Crippen LogP) is 2.22. The van der Waals surface area contributed by atoms with E-state index in [0.717, 1.165) is 0 Å². The number of methoxy groups -OCH3 is 1. The zero-order valence-corrected chi connectivity index (χ0v) is 13.4. The summed E-state index contributed by atoms with van der Waals surface area (Å²) in [4.78, 5) is 14.2. The Labute approximate surface area is 138 Å². The maximum absolute atomic E-state index is 12.6. The number of hydrogen-bond acceptors (Lipinski definition) is 5. The van der Waals surface area contributed by atoms with Crippen LogP contribution in [0.4, 0.5) is 0 Å². The molecule has 2 heterocycles. The van der Waals surface area contributed by atoms with Gasteiger partial charge in [-0.05, 0) is 18.6 Å². The van der Waals surface area contributed by atoms with Gasteiger partial charge >= 0.3 is 0 Å². The molecule has 1 aromatic heterocycles. The molecule has 0 bridgehead atoms. The molecule has 0 spiro atoms. The number of likely N-dealkylation sites (tertiary alicyclic amines) is 1. The van der Waals surface area contributed by atoms with Crippen LogP contribution in [0.25, 0.3) is 11.3 Å². The summed E-state index contributed by atoms with van der Waals surface area (Å²) in [7, 11) is 1.60. The fourth-order valence-electron chi connectivity index (χ4n) is 2.78. The molecule has 7 heteroatoms. The number of nitrogens with zero attached hydrogens (tertiary/aromatic N) is 2. The van der Waals surface area contributed by atoms with Crippen LogP contribution in [0.2, 0.25) is 5.02 Å². The van der Waals surface area contributed by atoms with Crippen LogP contribution < -0.4 is 0 Å². The van der Waals surface area contributed by atoms with Gasteiger partial charge in [0, 0.05) is 25.3 Å². The molecule has 3 rings (SSSR count). The van der Waals surface area contributed by atoms with Crippen LogP contribution in [-0.4, -0.2) is 53.5 Å². The molecule has 0 aliphatic carbocycles. The summed E-state index contributed by atoms with van der Waals surface area (Å²) in [5.41, 5.74) is 0.866. The Morgan fingerprint density at radius 3 is 3.00 bits per heavy atom. The third kappa shape index (κ3) is 3.10. The predicted molar refractivity (Wildman–Crippen MR) is 84.3 cm³/mol. The van der Waals surface area contributed by atoms with Crippen molar-refractivity contribution in [2.45, 2.75) is 18.6 Å². The van der Waals surface area contributed by atoms with Gasteiger partial charge in [0.25, 0.3) is 5.91 Å². The Bertz CT molecular complexity index is 703. The number of aliphatic hydroxyl groups is 1. The standard InChI is InChI=1S/C16H17ClN2O4/c1-22-11-6-10(9-20)19(8-11)16(21)14-7-15(23-18-14)12-4-2-3-5-13(12)17/h2-5,7,10-11,20H,6,8-9H2,1H3/t10-,11+/m0/s1. The first kappa shape index (κ1) is 16.0. The first-order valence-corrected chi connectivity index (χ1v) is 7.68. The van der Waals surface area contributed by atoms with Crippen LogP contribution in [0.15, 0.2) is 34.9 Å². The van der Waals surface area contributed by atoms with E-state index in [4.69, 9.17) is 20.9 Å². The number of benzene rings is 1. The molecule has 0 unspecified atom stereocenters. The minimum absolute atomic E-state index is 0.0777. The second-order valence-electron chi connectivity index (χ2n) is 5.44. The molecular formula is C16H17ClN2O4. The Morgan fingerprint density at radius 2 is 2.30 bits per heavy atom. The Kier molecular flexibility index (Phi) is 4.66. The molecule has 1 saturated heterocycles. The minimum Gasteiger partial charge on any atom is -0.394 e. The number of ether oxygens (including phenoxy) is 1. The van der Waals surface area contributed by atoms with Gasteiger partial charge in [-0.25, -0.2) is 0 Å². The number of hydrogen-bond donors (Lipinski definition) is 1. The number of carbonyl (C=O) groups is 1. The molecule has 2 aromatic rings. The molecule has 1 N–H and O–H groups in total. The highest BCUT2D eigenvalue weighted by Crippen LogP contribution is 2.29. The largest absolute Gasteiger partial charge is 0.394 e. The molecule has 0 radical (unpaired) electrons. The first-order valence-electron chi connectivity index (χ1n) is 7.30. The summed E-state index contributed by atoms with van der Waals surface area (Å²) in [6.07, 6.45) is 0.527. The summed E-state index contributed by atoms with van der Waals surface area (Å²) in [5.74, 6) is 0.146. The first-order chi connectivity index (χ1) is 11.1. The summed E-state index contributed by atoms with van der Waals surface area (Å²) >= 11 is 6.13. The van der Waals surface area contributed by atoms with E-state index < -0.39 is 0 Å². The van der Waals surface area contributed by atoms with Gasteiger partial charge in [0.15, 0.2) is 11.5 Å². The molecule has 1 aliphatic heterocycles. The lowest BCUT2D eigenvalue weighted by Gasteiger charge is -2.21. The molecule has 1 aliphatic rings. The Hall–Kier alpha value is -1.89. The molecule has 1 amide bonds. The van der Waals surface area contributed by atoms with Crippen LogP contribution in [-0.2, 0) is 4.74 Å². The van der Waals surface area contributed by atoms with E-state index in [9.17, 15) is 9.90 Å². The summed E-state index contributed by atoms with van der Waals surface area (Å²) in [6.45, 7) is 0.315. The van der Waals surface area contributed by atoms with Crippen LogP contribution in [0.1, 0.15) is 16.9 Å². The molecule has 122 valence electrons. The van der Waals surface area contributed by atoms with E-state index in [2.05, 4.69) is 5.16 Å². The number of halogens is 1. The second-order valence-corrected chi connectivity index (χ2v) is 5.85. The fraction of sp³-hybridized carbons (Fsp3) is 0.375. The Morgan fingerprint density at radius 1 is 1.52 bits per heavy atom. The number of rotatable bonds is 4. The van der Waals surface area contributed by atoms with Crippen molar-refractivity contribution in [3.63, 3.8) is 0 Å². The Balaban J connectivity index is 1.83. The van der Waals surface area contributed by atoms with E-state index in [1.54, 1.807) is 30.2 Å². The monoisotopic (exact) mass is 336 g/mol. The normalized spacial score (nSPS) is 20.9. The minimum atomic E-state index is -0.286. The maximum Gasteiger partial charge on any atom is 0.276 e. The summed E-state index contributed by atoms with van der Waals surface area (Å²) < 4.78 is 10.5. The average Bonchev–Trinajstić information content (AvgIpc) is 3.21. The van der Waals surface area contributed by atoms with E-state index in [1.807, 2.05) is 12.1 Å². The third-order valence-electron chi connectivity index (χ3n) is 4.05. The van der Waals surface area contributed by atoms with Gasteiger partial charge in [0.05, 0.1) is 23.8 Å². The summed E-state index contributed by atoms with van der Waals surface area (Å²) in [6, 6.07) is 8.48. The zero-order valence-electron chi connectivity index (χ0n) is 12.6. The van der Waals surface area contributed by atoms with Crippen LogP contribution >= 0.6 is 11.6 Å². The van der Waals surface area contributed by atoms with Crippen LogP contribution in [0, 0.1) is 0 Å². The van der Waals surface area contributed by atoms with Crippen molar-refractivity contribution in [1.82, 2.24) is 10.1 Å². The lowest BCUT2D eigenvalue weighted by atomic mass is 10.1. The van der Waals surface area contributed by atoms with Crippen molar-refractivity contribution in [2.24, 2.45) is 0 Å². The lowest BCUT2D eigenvalue weighted by Crippen LogP contribution is -2.38. The number of aliphatic hydroxyl groups excluding tert-OH is 1. The molecule has 0 saturated carbocycles. The van der Waals surface area contributed by atoms with Gasteiger partial charge in [0.1, 0.15) is 0 Å². The number of carbonyl (C=O) groups excluding carboxylic acids is 1. The van der Waals surface area contributed by atoms with Crippen molar-refractivity contribution < 1.29 is 19.2 Å². The van der Waals surface area contributed by atoms with Crippen molar-refractivity contribution in [2.75, 3.05) is 20.3 Å². The molecular weight excluding hydrogens is 320 g/mol. The molecule has 6 nitrogen and oxygen atoms in total. The molecule has 1 fully saturated rings. The highest BCUT2D eigenvalue weighted by atomic mass is 35.5. The van der Waals surface area contributed by atoms with Gasteiger partial charge < -0.3 is 19.3 Å². The van der Waals surface area contributed by atoms with Gasteiger partial charge in [0.2, 0.25) is 0 Å². The highest BCUT2D eigenvalue weighted by Gasteiger charge is 2.36. The van der Waals surface area contributed by atoms with Gasteiger partial charge in [-0.2, -0.15) is 0 Å². The van der Waals surface area contributed by atoms with E-state index in [-0.39, 0.29) is 30.4 Å². The number of aromatic nitrogens is 1. The van der Waals surface area contributed by atoms with Gasteiger partial charge in [-0.1, -0.05) is 28.9 Å². The van der Waals surface area contributed by atoms with Crippen molar-refractivity contribution in [3.8, 4) is 11.3 Å².